The summed E-state index contributed by atoms with van der Waals surface area (Å²) in [5.74, 6) is -0.865. The molecule has 0 aliphatic carbocycles. The van der Waals surface area contributed by atoms with Crippen LogP contribution in [0.4, 0.5) is 0 Å². The number of unbranched alkanes of at least 4 members (excludes halogenated alkanes) is 35. The first-order chi connectivity index (χ1) is 29.0. The molecule has 0 bridgehead atoms. The molecule has 0 fully saturated rings. The molecule has 1 unspecified atom stereocenters. The lowest BCUT2D eigenvalue weighted by Crippen LogP contribution is -2.30. The van der Waals surface area contributed by atoms with Gasteiger partial charge in [0.15, 0.2) is 6.10 Å². The maximum atomic E-state index is 12.7. The van der Waals surface area contributed by atoms with Gasteiger partial charge in [0.05, 0.1) is 0 Å². The lowest BCUT2D eigenvalue weighted by molar-refractivity contribution is -0.167. The van der Waals surface area contributed by atoms with E-state index < -0.39 is 6.10 Å². The monoisotopic (exact) mass is 833 g/mol. The van der Waals surface area contributed by atoms with Gasteiger partial charge < -0.3 is 14.2 Å². The molecule has 0 aromatic carbocycles. The number of carbonyl (C=O) groups is 3. The van der Waals surface area contributed by atoms with E-state index in [9.17, 15) is 14.4 Å². The van der Waals surface area contributed by atoms with Crippen molar-refractivity contribution in [3.8, 4) is 0 Å². The molecule has 0 rings (SSSR count). The zero-order chi connectivity index (χ0) is 43.0. The molecule has 59 heavy (non-hydrogen) atoms. The second kappa shape index (κ2) is 48.8. The molecule has 6 heteroatoms. The minimum absolute atomic E-state index is 0.0684. The molecule has 1 atom stereocenters. The first kappa shape index (κ1) is 57.1. The molecule has 0 amide bonds. The first-order valence-electron chi connectivity index (χ1n) is 26.2. The van der Waals surface area contributed by atoms with Crippen molar-refractivity contribution in [3.63, 3.8) is 0 Å². The van der Waals surface area contributed by atoms with E-state index in [1.807, 2.05) is 0 Å². The summed E-state index contributed by atoms with van der Waals surface area (Å²) in [5, 5.41) is 0. The van der Waals surface area contributed by atoms with Gasteiger partial charge in [-0.2, -0.15) is 0 Å². The summed E-state index contributed by atoms with van der Waals surface area (Å²) in [4.78, 5) is 37.8. The predicted molar refractivity (Wildman–Crippen MR) is 252 cm³/mol. The van der Waals surface area contributed by atoms with Crippen LogP contribution in [0.1, 0.15) is 290 Å². The van der Waals surface area contributed by atoms with Crippen molar-refractivity contribution >= 4 is 17.9 Å². The fraction of sp³-hybridized carbons (Fsp3) is 0.906. The van der Waals surface area contributed by atoms with Crippen molar-refractivity contribution in [3.05, 3.63) is 12.2 Å². The Labute approximate surface area is 367 Å². The number of carbonyl (C=O) groups excluding carboxylic acids is 3. The smallest absolute Gasteiger partial charge is 0.306 e. The molecule has 0 saturated heterocycles. The van der Waals surface area contributed by atoms with Crippen molar-refractivity contribution in [2.75, 3.05) is 13.2 Å². The molecule has 0 radical (unpaired) electrons. The average Bonchev–Trinajstić information content (AvgIpc) is 3.23. The van der Waals surface area contributed by atoms with Gasteiger partial charge in [-0.05, 0) is 44.9 Å². The Balaban J connectivity index is 4.20. The molecule has 6 nitrogen and oxygen atoms in total. The molecule has 0 N–H and O–H groups in total. The third kappa shape index (κ3) is 47.1. The second-order valence-corrected chi connectivity index (χ2v) is 17.8. The van der Waals surface area contributed by atoms with Crippen molar-refractivity contribution in [1.29, 1.82) is 0 Å². The van der Waals surface area contributed by atoms with Gasteiger partial charge in [0.2, 0.25) is 0 Å². The summed E-state index contributed by atoms with van der Waals surface area (Å²) in [6.45, 7) is 6.62. The largest absolute Gasteiger partial charge is 0.462 e. The number of rotatable bonds is 48. The predicted octanol–water partition coefficient (Wildman–Crippen LogP) is 17.0. The highest BCUT2D eigenvalue weighted by atomic mass is 16.6. The Morgan fingerprint density at radius 2 is 0.559 bits per heavy atom. The van der Waals surface area contributed by atoms with E-state index in [0.717, 1.165) is 64.2 Å². The highest BCUT2D eigenvalue weighted by Gasteiger charge is 2.19. The molecular weight excluding hydrogens is 733 g/mol. The van der Waals surface area contributed by atoms with E-state index in [1.165, 1.54) is 186 Å². The third-order valence-electron chi connectivity index (χ3n) is 11.8. The van der Waals surface area contributed by atoms with Crippen LogP contribution in [0.5, 0.6) is 0 Å². The summed E-state index contributed by atoms with van der Waals surface area (Å²) in [5.41, 5.74) is 0. The Kier molecular flexibility index (Phi) is 47.3. The Morgan fingerprint density at radius 1 is 0.322 bits per heavy atom. The van der Waals surface area contributed by atoms with Gasteiger partial charge in [-0.25, -0.2) is 0 Å². The van der Waals surface area contributed by atoms with E-state index >= 15 is 0 Å². The fourth-order valence-corrected chi connectivity index (χ4v) is 7.79. The zero-order valence-electron chi connectivity index (χ0n) is 39.8. The zero-order valence-corrected chi connectivity index (χ0v) is 39.8. The standard InChI is InChI=1S/C53H100O6/c1-4-7-10-13-16-19-21-23-24-25-26-27-28-29-30-32-34-37-40-43-46-52(55)58-49-50(48-57-51(54)45-42-39-36-33-18-15-12-9-6-3)59-53(56)47-44-41-38-35-31-22-20-17-14-11-8-5-2/h17,20,50H,4-16,18-19,21-49H2,1-3H3/b20-17-. The van der Waals surface area contributed by atoms with E-state index in [1.54, 1.807) is 0 Å². The van der Waals surface area contributed by atoms with Gasteiger partial charge in [-0.1, -0.05) is 238 Å². The number of allylic oxidation sites excluding steroid dienone is 2. The van der Waals surface area contributed by atoms with Crippen LogP contribution in [0.15, 0.2) is 12.2 Å². The minimum Gasteiger partial charge on any atom is -0.462 e. The second-order valence-electron chi connectivity index (χ2n) is 17.8. The molecule has 0 aliphatic heterocycles. The normalized spacial score (nSPS) is 12.0. The molecule has 0 saturated carbocycles. The quantitative estimate of drug-likeness (QED) is 0.0263. The van der Waals surface area contributed by atoms with Gasteiger partial charge in [0, 0.05) is 19.3 Å². The minimum atomic E-state index is -0.766. The topological polar surface area (TPSA) is 78.9 Å². The number of esters is 3. The van der Waals surface area contributed by atoms with Gasteiger partial charge in [-0.3, -0.25) is 14.4 Å². The van der Waals surface area contributed by atoms with Crippen LogP contribution in [0, 0.1) is 0 Å². The summed E-state index contributed by atoms with van der Waals surface area (Å²) < 4.78 is 16.8. The first-order valence-corrected chi connectivity index (χ1v) is 26.2. The van der Waals surface area contributed by atoms with E-state index in [4.69, 9.17) is 14.2 Å². The number of ether oxygens (including phenoxy) is 3. The van der Waals surface area contributed by atoms with E-state index in [0.29, 0.717) is 19.3 Å². The molecule has 0 aromatic heterocycles. The van der Waals surface area contributed by atoms with Crippen LogP contribution < -0.4 is 0 Å². The Morgan fingerprint density at radius 3 is 0.881 bits per heavy atom. The lowest BCUT2D eigenvalue weighted by atomic mass is 10.0. The summed E-state index contributed by atoms with van der Waals surface area (Å²) in [6, 6.07) is 0. The summed E-state index contributed by atoms with van der Waals surface area (Å²) >= 11 is 0. The fourth-order valence-electron chi connectivity index (χ4n) is 7.79. The highest BCUT2D eigenvalue weighted by Crippen LogP contribution is 2.16. The van der Waals surface area contributed by atoms with Crippen LogP contribution in [-0.2, 0) is 28.6 Å². The molecule has 0 aromatic rings. The van der Waals surface area contributed by atoms with Crippen LogP contribution in [0.25, 0.3) is 0 Å². The molecular formula is C53H100O6. The van der Waals surface area contributed by atoms with Gasteiger partial charge >= 0.3 is 17.9 Å². The summed E-state index contributed by atoms with van der Waals surface area (Å²) in [7, 11) is 0. The molecule has 348 valence electrons. The SMILES string of the molecule is CCCCC/C=C\CCCCCCCC(=O)OC(COC(=O)CCCCCCCCCCC)COC(=O)CCCCCCCCCCCCCCCCCCCCCC. The number of hydrogen-bond acceptors (Lipinski definition) is 6. The van der Waals surface area contributed by atoms with Crippen molar-refractivity contribution in [2.45, 2.75) is 297 Å². The van der Waals surface area contributed by atoms with Crippen molar-refractivity contribution < 1.29 is 28.6 Å². The van der Waals surface area contributed by atoms with Gasteiger partial charge in [0.25, 0.3) is 0 Å². The van der Waals surface area contributed by atoms with Crippen molar-refractivity contribution in [1.82, 2.24) is 0 Å². The molecule has 0 aliphatic rings. The summed E-state index contributed by atoms with van der Waals surface area (Å²) in [6.07, 6.45) is 53.5. The lowest BCUT2D eigenvalue weighted by Gasteiger charge is -2.18. The van der Waals surface area contributed by atoms with E-state index in [-0.39, 0.29) is 31.1 Å². The van der Waals surface area contributed by atoms with Gasteiger partial charge in [-0.15, -0.1) is 0 Å². The van der Waals surface area contributed by atoms with Crippen LogP contribution in [0.2, 0.25) is 0 Å². The van der Waals surface area contributed by atoms with Crippen LogP contribution in [0.3, 0.4) is 0 Å². The van der Waals surface area contributed by atoms with Crippen molar-refractivity contribution in [2.24, 2.45) is 0 Å². The maximum absolute atomic E-state index is 12.7. The number of hydrogen-bond donors (Lipinski definition) is 0. The molecule has 0 heterocycles. The average molecular weight is 833 g/mol. The Hall–Kier alpha value is -1.85. The van der Waals surface area contributed by atoms with Gasteiger partial charge in [0.1, 0.15) is 13.2 Å². The third-order valence-corrected chi connectivity index (χ3v) is 11.8. The maximum Gasteiger partial charge on any atom is 0.306 e. The van der Waals surface area contributed by atoms with E-state index in [2.05, 4.69) is 32.9 Å². The highest BCUT2D eigenvalue weighted by molar-refractivity contribution is 5.71. The Bertz CT molecular complexity index is 916. The van der Waals surface area contributed by atoms with Crippen LogP contribution >= 0.6 is 0 Å². The molecule has 0 spiro atoms. The van der Waals surface area contributed by atoms with Crippen LogP contribution in [-0.4, -0.2) is 37.2 Å².